The first kappa shape index (κ1) is 20.8. The number of nitrogens with zero attached hydrogens (tertiary/aromatic N) is 3. The van der Waals surface area contributed by atoms with Crippen LogP contribution in [-0.2, 0) is 17.6 Å². The molecule has 1 aliphatic rings. The van der Waals surface area contributed by atoms with Gasteiger partial charge in [0.2, 0.25) is 5.91 Å². The van der Waals surface area contributed by atoms with Gasteiger partial charge in [-0.15, -0.1) is 0 Å². The van der Waals surface area contributed by atoms with Crippen LogP contribution < -0.4 is 0 Å². The van der Waals surface area contributed by atoms with Gasteiger partial charge in [-0.05, 0) is 50.3 Å². The second-order valence-electron chi connectivity index (χ2n) is 6.37. The molecule has 0 aliphatic carbocycles. The highest BCUT2D eigenvalue weighted by Crippen LogP contribution is 2.32. The summed E-state index contributed by atoms with van der Waals surface area (Å²) in [5, 5.41) is 0. The number of rotatable bonds is 6. The molecule has 1 aliphatic heterocycles. The maximum atomic E-state index is 13.4. The van der Waals surface area contributed by atoms with Crippen LogP contribution in [-0.4, -0.2) is 35.6 Å². The summed E-state index contributed by atoms with van der Waals surface area (Å²) < 4.78 is 52.5. The standard InChI is InChI=1S/C19H21F4N3O/c1-12(6-7-14(24-3)11-26-8-4-5-17(26)27)18-15(10-20)13(2)9-16(25-18)19(21,22)23/h6-7,9H,3-5,8,10-11H2,1-2H3/b12-6+,14-7-. The van der Waals surface area contributed by atoms with Crippen molar-refractivity contribution in [2.24, 2.45) is 4.99 Å². The van der Waals surface area contributed by atoms with Gasteiger partial charge in [0, 0.05) is 18.5 Å². The second-order valence-corrected chi connectivity index (χ2v) is 6.37. The normalized spacial score (nSPS) is 16.2. The van der Waals surface area contributed by atoms with Crippen molar-refractivity contribution in [3.05, 3.63) is 46.4 Å². The van der Waals surface area contributed by atoms with Gasteiger partial charge in [-0.1, -0.05) is 6.08 Å². The largest absolute Gasteiger partial charge is 0.433 e. The SMILES string of the molecule is C=N/C(=C\C=C(/C)c1nc(C(F)(F)F)cc(C)c1CF)CN1CCCC1=O. The van der Waals surface area contributed by atoms with E-state index >= 15 is 0 Å². The Morgan fingerprint density at radius 1 is 1.41 bits per heavy atom. The highest BCUT2D eigenvalue weighted by molar-refractivity contribution is 5.78. The lowest BCUT2D eigenvalue weighted by atomic mass is 10.0. The zero-order valence-electron chi connectivity index (χ0n) is 15.2. The number of carbonyl (C=O) groups is 1. The minimum absolute atomic E-state index is 0.0279. The molecule has 4 nitrogen and oxygen atoms in total. The summed E-state index contributed by atoms with van der Waals surface area (Å²) in [5.41, 5.74) is 0.0699. The number of allylic oxidation sites excluding steroid dienone is 3. The summed E-state index contributed by atoms with van der Waals surface area (Å²) in [5.74, 6) is 0.0279. The van der Waals surface area contributed by atoms with E-state index in [1.54, 1.807) is 17.9 Å². The topological polar surface area (TPSA) is 45.6 Å². The lowest BCUT2D eigenvalue weighted by Gasteiger charge is -2.15. The predicted octanol–water partition coefficient (Wildman–Crippen LogP) is 4.49. The third kappa shape index (κ3) is 5.02. The van der Waals surface area contributed by atoms with Crippen LogP contribution >= 0.6 is 0 Å². The number of pyridine rings is 1. The molecule has 0 saturated carbocycles. The highest BCUT2D eigenvalue weighted by Gasteiger charge is 2.33. The number of halogens is 4. The molecule has 1 aromatic heterocycles. The quantitative estimate of drug-likeness (QED) is 0.413. The van der Waals surface area contributed by atoms with E-state index in [1.807, 2.05) is 0 Å². The van der Waals surface area contributed by atoms with Crippen LogP contribution in [0.25, 0.3) is 5.57 Å². The highest BCUT2D eigenvalue weighted by atomic mass is 19.4. The van der Waals surface area contributed by atoms with Crippen molar-refractivity contribution < 1.29 is 22.4 Å². The van der Waals surface area contributed by atoms with Crippen molar-refractivity contribution in [1.29, 1.82) is 0 Å². The minimum atomic E-state index is -4.62. The zero-order valence-corrected chi connectivity index (χ0v) is 15.2. The Morgan fingerprint density at radius 3 is 2.63 bits per heavy atom. The van der Waals surface area contributed by atoms with Gasteiger partial charge in [0.1, 0.15) is 12.4 Å². The molecular weight excluding hydrogens is 362 g/mol. The van der Waals surface area contributed by atoms with Crippen LogP contribution in [0.1, 0.15) is 42.3 Å². The third-order valence-corrected chi connectivity index (χ3v) is 4.40. The molecule has 1 aromatic rings. The van der Waals surface area contributed by atoms with Gasteiger partial charge >= 0.3 is 6.18 Å². The van der Waals surface area contributed by atoms with Crippen LogP contribution in [0.15, 0.2) is 28.9 Å². The van der Waals surface area contributed by atoms with E-state index in [4.69, 9.17) is 0 Å². The summed E-state index contributed by atoms with van der Waals surface area (Å²) in [6, 6.07) is 0.844. The van der Waals surface area contributed by atoms with Gasteiger partial charge in [0.15, 0.2) is 0 Å². The molecule has 0 N–H and O–H groups in total. The van der Waals surface area contributed by atoms with Gasteiger partial charge in [0.25, 0.3) is 0 Å². The maximum Gasteiger partial charge on any atom is 0.433 e. The fourth-order valence-corrected chi connectivity index (χ4v) is 2.86. The Hall–Kier alpha value is -2.51. The molecule has 1 fully saturated rings. The molecule has 146 valence electrons. The van der Waals surface area contributed by atoms with Crippen LogP contribution in [0.3, 0.4) is 0 Å². The van der Waals surface area contributed by atoms with Crippen molar-refractivity contribution >= 4 is 18.2 Å². The van der Waals surface area contributed by atoms with Gasteiger partial charge < -0.3 is 4.90 Å². The number of carbonyl (C=O) groups excluding carboxylic acids is 1. The van der Waals surface area contributed by atoms with E-state index in [1.165, 1.54) is 13.0 Å². The van der Waals surface area contributed by atoms with Crippen LogP contribution in [0, 0.1) is 6.92 Å². The molecule has 1 amide bonds. The van der Waals surface area contributed by atoms with E-state index in [9.17, 15) is 22.4 Å². The molecule has 0 spiro atoms. The monoisotopic (exact) mass is 383 g/mol. The summed E-state index contributed by atoms with van der Waals surface area (Å²) in [7, 11) is 0. The Morgan fingerprint density at radius 2 is 2.11 bits per heavy atom. The van der Waals surface area contributed by atoms with Gasteiger partial charge in [-0.3, -0.25) is 9.79 Å². The number of aromatic nitrogens is 1. The molecule has 2 rings (SSSR count). The first-order chi connectivity index (χ1) is 12.7. The van der Waals surface area contributed by atoms with Crippen molar-refractivity contribution in [2.75, 3.05) is 13.1 Å². The van der Waals surface area contributed by atoms with E-state index in [2.05, 4.69) is 16.7 Å². The fraction of sp³-hybridized carbons (Fsp3) is 0.421. The summed E-state index contributed by atoms with van der Waals surface area (Å²) in [6.07, 6.45) is -0.259. The molecule has 8 heteroatoms. The van der Waals surface area contributed by atoms with Crippen molar-refractivity contribution in [2.45, 2.75) is 39.5 Å². The van der Waals surface area contributed by atoms with E-state index in [0.29, 0.717) is 24.2 Å². The van der Waals surface area contributed by atoms with Crippen molar-refractivity contribution in [3.8, 4) is 0 Å². The predicted molar refractivity (Wildman–Crippen MR) is 95.9 cm³/mol. The van der Waals surface area contributed by atoms with E-state index < -0.39 is 18.5 Å². The molecule has 27 heavy (non-hydrogen) atoms. The number of hydrogen-bond donors (Lipinski definition) is 0. The summed E-state index contributed by atoms with van der Waals surface area (Å²) >= 11 is 0. The molecule has 0 radical (unpaired) electrons. The van der Waals surface area contributed by atoms with E-state index in [0.717, 1.165) is 12.5 Å². The number of likely N-dealkylation sites (tertiary alicyclic amines) is 1. The van der Waals surface area contributed by atoms with Crippen LogP contribution in [0.4, 0.5) is 17.6 Å². The number of aryl methyl sites for hydroxylation is 1. The molecule has 0 unspecified atom stereocenters. The molecule has 2 heterocycles. The molecular formula is C19H21F4N3O. The van der Waals surface area contributed by atoms with Gasteiger partial charge in [-0.2, -0.15) is 13.2 Å². The Kier molecular flexibility index (Phi) is 6.51. The number of amides is 1. The molecule has 0 atom stereocenters. The number of hydrogen-bond acceptors (Lipinski definition) is 3. The first-order valence-electron chi connectivity index (χ1n) is 8.43. The second kappa shape index (κ2) is 8.45. The molecule has 0 bridgehead atoms. The Labute approximate surface area is 155 Å². The lowest BCUT2D eigenvalue weighted by molar-refractivity contribution is -0.141. The van der Waals surface area contributed by atoms with Gasteiger partial charge in [0.05, 0.1) is 17.9 Å². The van der Waals surface area contributed by atoms with Crippen molar-refractivity contribution in [3.63, 3.8) is 0 Å². The van der Waals surface area contributed by atoms with E-state index in [-0.39, 0.29) is 29.3 Å². The average Bonchev–Trinajstić information content (AvgIpc) is 3.01. The van der Waals surface area contributed by atoms with Crippen molar-refractivity contribution in [1.82, 2.24) is 9.88 Å². The van der Waals surface area contributed by atoms with Crippen LogP contribution in [0.5, 0.6) is 0 Å². The lowest BCUT2D eigenvalue weighted by Crippen LogP contribution is -2.26. The Bertz CT molecular complexity index is 797. The minimum Gasteiger partial charge on any atom is -0.337 e. The smallest absolute Gasteiger partial charge is 0.337 e. The number of alkyl halides is 4. The van der Waals surface area contributed by atoms with Crippen LogP contribution in [0.2, 0.25) is 0 Å². The third-order valence-electron chi connectivity index (χ3n) is 4.40. The number of aliphatic imine (C=N–C) groups is 1. The Balaban J connectivity index is 2.36. The molecule has 0 aromatic carbocycles. The zero-order chi connectivity index (χ0) is 20.2. The molecule has 1 saturated heterocycles. The van der Waals surface area contributed by atoms with Gasteiger partial charge in [-0.25, -0.2) is 9.37 Å². The fourth-order valence-electron chi connectivity index (χ4n) is 2.86. The first-order valence-corrected chi connectivity index (χ1v) is 8.43. The maximum absolute atomic E-state index is 13.4. The average molecular weight is 383 g/mol. The summed E-state index contributed by atoms with van der Waals surface area (Å²) in [4.78, 5) is 20.8. The summed E-state index contributed by atoms with van der Waals surface area (Å²) in [6.45, 7) is 6.43.